The fourth-order valence-electron chi connectivity index (χ4n) is 4.62. The number of aryl methyl sites for hydroxylation is 1. The maximum atomic E-state index is 13.8. The van der Waals surface area contributed by atoms with Gasteiger partial charge in [0.25, 0.3) is 0 Å². The van der Waals surface area contributed by atoms with E-state index in [-0.39, 0.29) is 17.9 Å². The molecule has 2 atom stereocenters. The number of hydrogen-bond acceptors (Lipinski definition) is 6. The van der Waals surface area contributed by atoms with Gasteiger partial charge in [0.2, 0.25) is 10.0 Å². The largest absolute Gasteiger partial charge is 0.469 e. The molecule has 0 spiro atoms. The van der Waals surface area contributed by atoms with Gasteiger partial charge in [0, 0.05) is 12.5 Å². The molecule has 188 valence electrons. The van der Waals surface area contributed by atoms with Crippen molar-refractivity contribution in [2.45, 2.75) is 44.3 Å². The van der Waals surface area contributed by atoms with Crippen LogP contribution in [0.3, 0.4) is 0 Å². The summed E-state index contributed by atoms with van der Waals surface area (Å²) in [5.74, 6) is -1.90. The molecular weight excluding hydrogens is 482 g/mol. The number of carbonyl (C=O) groups is 2. The number of benzene rings is 2. The van der Waals surface area contributed by atoms with Crippen molar-refractivity contribution >= 4 is 35.2 Å². The average molecular weight is 516 g/mol. The van der Waals surface area contributed by atoms with E-state index in [1.807, 2.05) is 32.0 Å². The molecule has 0 aliphatic carbocycles. The maximum absolute atomic E-state index is 13.8. The molecule has 7 nitrogen and oxygen atoms in total. The Balaban J connectivity index is 2.21. The number of esters is 2. The standard InChI is InChI=1S/C26H33NO6SSi/c1-18-12-14-20(15-13-18)34(30,31)27-17-23(19(2)35(5,6)21-10-8-7-9-11-21)22(16-24(28)32-3)25(27)26(29)33-4/h7-15,22,25H,16-17H2,1-6H3/b23-19-/t22-,25-/m0/s1. The number of sulfonamides is 1. The number of hydrogen-bond donors (Lipinski definition) is 0. The molecule has 1 fully saturated rings. The third-order valence-corrected chi connectivity index (χ3v) is 12.9. The molecule has 1 saturated heterocycles. The van der Waals surface area contributed by atoms with Gasteiger partial charge in [0.05, 0.1) is 25.5 Å². The summed E-state index contributed by atoms with van der Waals surface area (Å²) < 4.78 is 38.7. The minimum atomic E-state index is -4.05. The van der Waals surface area contributed by atoms with E-state index in [0.717, 1.165) is 16.3 Å². The molecule has 1 aliphatic rings. The number of methoxy groups -OCH3 is 2. The van der Waals surface area contributed by atoms with E-state index in [2.05, 4.69) is 25.2 Å². The second kappa shape index (κ2) is 10.5. The van der Waals surface area contributed by atoms with Crippen LogP contribution < -0.4 is 5.19 Å². The Morgan fingerprint density at radius 3 is 2.14 bits per heavy atom. The van der Waals surface area contributed by atoms with Gasteiger partial charge in [-0.1, -0.05) is 77.1 Å². The quantitative estimate of drug-likeness (QED) is 0.416. The molecule has 2 aromatic rings. The molecule has 0 bridgehead atoms. The average Bonchev–Trinajstić information content (AvgIpc) is 3.23. The molecule has 9 heteroatoms. The van der Waals surface area contributed by atoms with Crippen molar-refractivity contribution in [3.63, 3.8) is 0 Å². The zero-order valence-corrected chi connectivity index (χ0v) is 22.9. The van der Waals surface area contributed by atoms with E-state index in [0.29, 0.717) is 0 Å². The lowest BCUT2D eigenvalue weighted by Crippen LogP contribution is -2.44. The number of ether oxygens (including phenoxy) is 2. The van der Waals surface area contributed by atoms with Gasteiger partial charge in [-0.3, -0.25) is 9.59 Å². The van der Waals surface area contributed by atoms with Crippen LogP contribution in [0.15, 0.2) is 70.3 Å². The van der Waals surface area contributed by atoms with E-state index in [4.69, 9.17) is 9.47 Å². The lowest BCUT2D eigenvalue weighted by molar-refractivity contribution is -0.147. The van der Waals surface area contributed by atoms with Gasteiger partial charge >= 0.3 is 11.9 Å². The highest BCUT2D eigenvalue weighted by atomic mass is 32.2. The fourth-order valence-corrected chi connectivity index (χ4v) is 8.74. The Hall–Kier alpha value is -2.75. The zero-order valence-electron chi connectivity index (χ0n) is 21.1. The summed E-state index contributed by atoms with van der Waals surface area (Å²) in [5, 5.41) is 2.21. The minimum absolute atomic E-state index is 0.00668. The van der Waals surface area contributed by atoms with Crippen LogP contribution in [0.4, 0.5) is 0 Å². The second-order valence-electron chi connectivity index (χ2n) is 9.36. The van der Waals surface area contributed by atoms with E-state index >= 15 is 0 Å². The first-order valence-electron chi connectivity index (χ1n) is 11.4. The van der Waals surface area contributed by atoms with E-state index in [9.17, 15) is 18.0 Å². The highest BCUT2D eigenvalue weighted by Gasteiger charge is 2.51. The first-order valence-corrected chi connectivity index (χ1v) is 15.9. The summed E-state index contributed by atoms with van der Waals surface area (Å²) >= 11 is 0. The van der Waals surface area contributed by atoms with E-state index < -0.39 is 42.0 Å². The molecule has 0 unspecified atom stereocenters. The summed E-state index contributed by atoms with van der Waals surface area (Å²) in [6.07, 6.45) is -0.123. The molecule has 1 heterocycles. The predicted octanol–water partition coefficient (Wildman–Crippen LogP) is 3.19. The first-order chi connectivity index (χ1) is 16.4. The van der Waals surface area contributed by atoms with Gasteiger partial charge in [0.15, 0.2) is 0 Å². The summed E-state index contributed by atoms with van der Waals surface area (Å²) in [4.78, 5) is 25.5. The topological polar surface area (TPSA) is 90.0 Å². The Morgan fingerprint density at radius 2 is 1.60 bits per heavy atom. The van der Waals surface area contributed by atoms with Crippen molar-refractivity contribution < 1.29 is 27.5 Å². The smallest absolute Gasteiger partial charge is 0.324 e. The van der Waals surface area contributed by atoms with Crippen molar-refractivity contribution in [2.75, 3.05) is 20.8 Å². The Bertz CT molecular complexity index is 1220. The lowest BCUT2D eigenvalue weighted by Gasteiger charge is -2.28. The van der Waals surface area contributed by atoms with Crippen LogP contribution in [0, 0.1) is 12.8 Å². The molecule has 1 aliphatic heterocycles. The molecule has 3 rings (SSSR count). The summed E-state index contributed by atoms with van der Waals surface area (Å²) in [6, 6.07) is 15.4. The molecule has 0 aromatic heterocycles. The third kappa shape index (κ3) is 5.27. The Labute approximate surface area is 208 Å². The van der Waals surface area contributed by atoms with Crippen molar-refractivity contribution in [1.82, 2.24) is 4.31 Å². The van der Waals surface area contributed by atoms with Crippen molar-refractivity contribution in [2.24, 2.45) is 5.92 Å². The fraction of sp³-hybridized carbons (Fsp3) is 0.385. The number of allylic oxidation sites excluding steroid dienone is 1. The van der Waals surface area contributed by atoms with Gasteiger partial charge in [-0.05, 0) is 26.0 Å². The molecule has 0 radical (unpaired) electrons. The SMILES string of the molecule is COC(=O)C[C@H]1/C(=C(/C)[Si](C)(C)c2ccccc2)CN(S(=O)(=O)c2ccc(C)cc2)[C@@H]1C(=O)OC. The van der Waals surface area contributed by atoms with Crippen LogP contribution in [-0.2, 0) is 29.1 Å². The molecular formula is C26H33NO6SSi. The highest BCUT2D eigenvalue weighted by Crippen LogP contribution is 2.40. The van der Waals surface area contributed by atoms with Gasteiger partial charge in [0.1, 0.15) is 14.1 Å². The highest BCUT2D eigenvalue weighted by molar-refractivity contribution is 7.89. The summed E-state index contributed by atoms with van der Waals surface area (Å²) in [6.45, 7) is 8.24. The van der Waals surface area contributed by atoms with Gasteiger partial charge in [-0.25, -0.2) is 8.42 Å². The third-order valence-electron chi connectivity index (χ3n) is 7.06. The van der Waals surface area contributed by atoms with Crippen LogP contribution >= 0.6 is 0 Å². The van der Waals surface area contributed by atoms with Gasteiger partial charge in [-0.15, -0.1) is 0 Å². The molecule has 35 heavy (non-hydrogen) atoms. The Morgan fingerprint density at radius 1 is 1.00 bits per heavy atom. The monoisotopic (exact) mass is 515 g/mol. The van der Waals surface area contributed by atoms with Crippen LogP contribution in [0.1, 0.15) is 18.9 Å². The number of nitrogens with zero attached hydrogens (tertiary/aromatic N) is 1. The molecule has 0 N–H and O–H groups in total. The predicted molar refractivity (Wildman–Crippen MR) is 137 cm³/mol. The molecule has 0 saturated carbocycles. The minimum Gasteiger partial charge on any atom is -0.469 e. The lowest BCUT2D eigenvalue weighted by atomic mass is 9.92. The van der Waals surface area contributed by atoms with Crippen LogP contribution in [0.25, 0.3) is 0 Å². The maximum Gasteiger partial charge on any atom is 0.324 e. The van der Waals surface area contributed by atoms with Crippen molar-refractivity contribution in [3.8, 4) is 0 Å². The zero-order chi connectivity index (χ0) is 26.0. The Kier molecular flexibility index (Phi) is 8.03. The normalized spacial score (nSPS) is 20.4. The van der Waals surface area contributed by atoms with Crippen molar-refractivity contribution in [1.29, 1.82) is 0 Å². The van der Waals surface area contributed by atoms with Crippen LogP contribution in [0.2, 0.25) is 13.1 Å². The van der Waals surface area contributed by atoms with Crippen LogP contribution in [0.5, 0.6) is 0 Å². The summed E-state index contributed by atoms with van der Waals surface area (Å²) in [7, 11) is -3.79. The number of rotatable bonds is 7. The van der Waals surface area contributed by atoms with Gasteiger partial charge in [-0.2, -0.15) is 4.31 Å². The second-order valence-corrected chi connectivity index (χ2v) is 15.8. The molecule has 0 amide bonds. The summed E-state index contributed by atoms with van der Waals surface area (Å²) in [5.41, 5.74) is 1.70. The number of carbonyl (C=O) groups excluding carboxylic acids is 2. The van der Waals surface area contributed by atoms with E-state index in [1.54, 1.807) is 12.1 Å². The first kappa shape index (κ1) is 26.8. The van der Waals surface area contributed by atoms with E-state index in [1.165, 1.54) is 35.8 Å². The van der Waals surface area contributed by atoms with Crippen molar-refractivity contribution in [3.05, 3.63) is 70.9 Å². The van der Waals surface area contributed by atoms with Crippen LogP contribution in [-0.4, -0.2) is 59.5 Å². The van der Waals surface area contributed by atoms with Gasteiger partial charge < -0.3 is 9.47 Å². The molecule has 2 aromatic carbocycles.